The topological polar surface area (TPSA) is 57.0 Å². The van der Waals surface area contributed by atoms with E-state index in [1.54, 1.807) is 28.0 Å². The van der Waals surface area contributed by atoms with Crippen LogP contribution in [0, 0.1) is 19.7 Å². The zero-order valence-corrected chi connectivity index (χ0v) is 24.8. The van der Waals surface area contributed by atoms with E-state index in [9.17, 15) is 4.79 Å². The second kappa shape index (κ2) is 12.2. The number of hydrogen-bond acceptors (Lipinski definition) is 6. The average molecular weight is 594 g/mol. The van der Waals surface area contributed by atoms with Crippen molar-refractivity contribution in [3.8, 4) is 38.1 Å². The Balaban J connectivity index is 1.46. The Bertz CT molecular complexity index is 1900. The van der Waals surface area contributed by atoms with E-state index in [1.165, 1.54) is 17.4 Å². The fraction of sp³-hybridized carbons (Fsp3) is 0.147. The van der Waals surface area contributed by atoms with Crippen molar-refractivity contribution in [2.45, 2.75) is 33.4 Å². The number of aryl methyl sites for hydroxylation is 3. The zero-order valence-electron chi connectivity index (χ0n) is 23.2. The molecule has 6 rings (SSSR count). The maximum absolute atomic E-state index is 15.3. The highest BCUT2D eigenvalue weighted by molar-refractivity contribution is 7.19. The Labute approximate surface area is 251 Å². The minimum absolute atomic E-state index is 0.0752. The summed E-state index contributed by atoms with van der Waals surface area (Å²) in [6.07, 6.45) is 0.612. The van der Waals surface area contributed by atoms with E-state index < -0.39 is 5.82 Å². The van der Waals surface area contributed by atoms with Crippen LogP contribution in [0.25, 0.3) is 32.4 Å². The number of thiazole rings is 1. The van der Waals surface area contributed by atoms with Crippen LogP contribution in [0.1, 0.15) is 21.8 Å². The largest absolute Gasteiger partial charge is 0.485 e. The third-order valence-electron chi connectivity index (χ3n) is 6.97. The van der Waals surface area contributed by atoms with Gasteiger partial charge in [0.05, 0.1) is 32.4 Å². The van der Waals surface area contributed by atoms with Gasteiger partial charge in [0.1, 0.15) is 12.4 Å². The molecule has 0 aliphatic heterocycles. The molecule has 0 N–H and O–H groups in total. The van der Waals surface area contributed by atoms with E-state index in [2.05, 4.69) is 4.98 Å². The number of benzene rings is 3. The molecule has 0 atom stereocenters. The van der Waals surface area contributed by atoms with Crippen molar-refractivity contribution in [1.29, 1.82) is 0 Å². The summed E-state index contributed by atoms with van der Waals surface area (Å²) >= 11 is 3.12. The lowest BCUT2D eigenvalue weighted by Crippen LogP contribution is -2.27. The second-order valence-corrected chi connectivity index (χ2v) is 12.0. The molecule has 3 aromatic heterocycles. The second-order valence-electron chi connectivity index (χ2n) is 9.89. The van der Waals surface area contributed by atoms with Gasteiger partial charge in [0, 0.05) is 16.8 Å². The number of nitrogens with zero attached hydrogens (tertiary/aromatic N) is 3. The molecule has 6 aromatic rings. The highest BCUT2D eigenvalue weighted by Crippen LogP contribution is 2.37. The molecule has 0 bridgehead atoms. The van der Waals surface area contributed by atoms with E-state index in [4.69, 9.17) is 9.72 Å². The lowest BCUT2D eigenvalue weighted by Gasteiger charge is -2.18. The predicted molar refractivity (Wildman–Crippen MR) is 169 cm³/mol. The van der Waals surface area contributed by atoms with Crippen LogP contribution in [-0.4, -0.2) is 14.5 Å². The molecule has 0 aliphatic rings. The smallest absolute Gasteiger partial charge is 0.262 e. The van der Waals surface area contributed by atoms with E-state index >= 15 is 4.39 Å². The van der Waals surface area contributed by atoms with Crippen molar-refractivity contribution < 1.29 is 9.13 Å². The lowest BCUT2D eigenvalue weighted by molar-refractivity contribution is 0.291. The monoisotopic (exact) mass is 593 g/mol. The van der Waals surface area contributed by atoms with Crippen LogP contribution in [0.5, 0.6) is 5.75 Å². The molecule has 0 saturated heterocycles. The molecular formula is C34H28FN3O2S2. The van der Waals surface area contributed by atoms with Crippen molar-refractivity contribution in [2.24, 2.45) is 0 Å². The summed E-state index contributed by atoms with van der Waals surface area (Å²) in [5.41, 5.74) is 4.29. The molecule has 210 valence electrons. The molecule has 3 heterocycles. The van der Waals surface area contributed by atoms with Crippen molar-refractivity contribution in [2.75, 3.05) is 0 Å². The first kappa shape index (κ1) is 27.8. The van der Waals surface area contributed by atoms with Crippen molar-refractivity contribution >= 4 is 22.7 Å². The minimum Gasteiger partial charge on any atom is -0.485 e. The summed E-state index contributed by atoms with van der Waals surface area (Å²) in [5.74, 6) is -0.0479. The Morgan fingerprint density at radius 1 is 0.833 bits per heavy atom. The molecule has 0 aliphatic carbocycles. The number of ether oxygens (including phenoxy) is 1. The van der Waals surface area contributed by atoms with Crippen molar-refractivity contribution in [3.05, 3.63) is 134 Å². The summed E-state index contributed by atoms with van der Waals surface area (Å²) in [7, 11) is 0. The molecule has 0 saturated carbocycles. The SMILES string of the molecule is Cc1nc(-c2ccc(-c3c(C)nc(-c4cccc(F)c4OCc4ccccc4)n(CCc4ccccc4)c3=O)s2)cs1. The van der Waals surface area contributed by atoms with Crippen LogP contribution in [0.3, 0.4) is 0 Å². The third kappa shape index (κ3) is 5.82. The zero-order chi connectivity index (χ0) is 29.1. The molecule has 5 nitrogen and oxygen atoms in total. The van der Waals surface area contributed by atoms with Crippen LogP contribution in [-0.2, 0) is 19.6 Å². The Kier molecular flexibility index (Phi) is 8.08. The van der Waals surface area contributed by atoms with Crippen LogP contribution in [0.15, 0.2) is 101 Å². The van der Waals surface area contributed by atoms with E-state index in [1.807, 2.05) is 92.0 Å². The van der Waals surface area contributed by atoms with Gasteiger partial charge in [-0.05, 0) is 55.7 Å². The number of thiophene rings is 1. The lowest BCUT2D eigenvalue weighted by atomic mass is 10.1. The molecule has 0 spiro atoms. The Hall–Kier alpha value is -4.40. The van der Waals surface area contributed by atoms with Crippen molar-refractivity contribution in [3.63, 3.8) is 0 Å². The van der Waals surface area contributed by atoms with E-state index in [0.717, 1.165) is 31.6 Å². The highest BCUT2D eigenvalue weighted by Gasteiger charge is 2.22. The number of rotatable bonds is 9. The van der Waals surface area contributed by atoms with Gasteiger partial charge < -0.3 is 4.74 Å². The number of para-hydroxylation sites is 1. The summed E-state index contributed by atoms with van der Waals surface area (Å²) in [4.78, 5) is 25.7. The van der Waals surface area contributed by atoms with Crippen LogP contribution < -0.4 is 10.3 Å². The maximum atomic E-state index is 15.3. The molecule has 0 fully saturated rings. The predicted octanol–water partition coefficient (Wildman–Crippen LogP) is 8.34. The third-order valence-corrected chi connectivity index (χ3v) is 8.87. The molecule has 0 amide bonds. The summed E-state index contributed by atoms with van der Waals surface area (Å²) in [5, 5.41) is 3.02. The molecule has 42 heavy (non-hydrogen) atoms. The number of hydrogen-bond donors (Lipinski definition) is 0. The molecule has 0 unspecified atom stereocenters. The van der Waals surface area contributed by atoms with Gasteiger partial charge in [-0.2, -0.15) is 0 Å². The Morgan fingerprint density at radius 3 is 2.26 bits per heavy atom. The van der Waals surface area contributed by atoms with Gasteiger partial charge in [0.15, 0.2) is 11.6 Å². The van der Waals surface area contributed by atoms with Gasteiger partial charge in [0.2, 0.25) is 0 Å². The first-order chi connectivity index (χ1) is 20.5. The summed E-state index contributed by atoms with van der Waals surface area (Å²) < 4.78 is 23.0. The van der Waals surface area contributed by atoms with Gasteiger partial charge >= 0.3 is 0 Å². The number of halogens is 1. The average Bonchev–Trinajstić information content (AvgIpc) is 3.66. The summed E-state index contributed by atoms with van der Waals surface area (Å²) in [6, 6.07) is 28.3. The minimum atomic E-state index is -0.504. The first-order valence-corrected chi connectivity index (χ1v) is 15.3. The number of aromatic nitrogens is 3. The van der Waals surface area contributed by atoms with Crippen LogP contribution >= 0.6 is 22.7 Å². The molecule has 0 radical (unpaired) electrons. The standard InChI is InChI=1S/C34H28FN3O2S2/c1-22-31(30-17-16-29(42-30)28-21-41-23(2)37-28)34(39)38(19-18-24-10-5-3-6-11-24)33(36-22)26-14-9-15-27(35)32(26)40-20-25-12-7-4-8-13-25/h3-17,21H,18-20H2,1-2H3. The molecule has 3 aromatic carbocycles. The maximum Gasteiger partial charge on any atom is 0.262 e. The first-order valence-electron chi connectivity index (χ1n) is 13.6. The summed E-state index contributed by atoms with van der Waals surface area (Å²) in [6.45, 7) is 4.37. The van der Waals surface area contributed by atoms with Gasteiger partial charge in [-0.25, -0.2) is 14.4 Å². The van der Waals surface area contributed by atoms with Gasteiger partial charge in [-0.3, -0.25) is 9.36 Å². The fourth-order valence-electron chi connectivity index (χ4n) is 4.89. The van der Waals surface area contributed by atoms with Crippen molar-refractivity contribution in [1.82, 2.24) is 14.5 Å². The van der Waals surface area contributed by atoms with Gasteiger partial charge in [-0.1, -0.05) is 66.7 Å². The fourth-order valence-corrected chi connectivity index (χ4v) is 6.63. The van der Waals surface area contributed by atoms with E-state index in [-0.39, 0.29) is 17.9 Å². The molecular weight excluding hydrogens is 566 g/mol. The quantitative estimate of drug-likeness (QED) is 0.169. The van der Waals surface area contributed by atoms with E-state index in [0.29, 0.717) is 35.6 Å². The van der Waals surface area contributed by atoms with Gasteiger partial charge in [-0.15, -0.1) is 22.7 Å². The highest BCUT2D eigenvalue weighted by atomic mass is 32.1. The van der Waals surface area contributed by atoms with Gasteiger partial charge in [0.25, 0.3) is 5.56 Å². The molecule has 8 heteroatoms. The normalized spacial score (nSPS) is 11.1. The Morgan fingerprint density at radius 2 is 1.55 bits per heavy atom. The van der Waals surface area contributed by atoms with Crippen LogP contribution in [0.2, 0.25) is 0 Å². The van der Waals surface area contributed by atoms with Crippen LogP contribution in [0.4, 0.5) is 4.39 Å².